The Morgan fingerprint density at radius 1 is 1.13 bits per heavy atom. The fraction of sp³-hybridized carbons (Fsp3) is 0.375. The molecule has 3 amide bonds. The maximum absolute atomic E-state index is 12.9. The summed E-state index contributed by atoms with van der Waals surface area (Å²) in [7, 11) is 1.55. The molecule has 2 aliphatic heterocycles. The van der Waals surface area contributed by atoms with E-state index in [1.165, 1.54) is 5.56 Å². The predicted octanol–water partition coefficient (Wildman–Crippen LogP) is 3.30. The van der Waals surface area contributed by atoms with Gasteiger partial charge in [0.15, 0.2) is 0 Å². The van der Waals surface area contributed by atoms with Crippen molar-refractivity contribution in [2.24, 2.45) is 0 Å². The third kappa shape index (κ3) is 4.26. The maximum atomic E-state index is 12.9. The first kappa shape index (κ1) is 20.9. The summed E-state index contributed by atoms with van der Waals surface area (Å²) < 4.78 is 5.48. The number of ether oxygens (including phenoxy) is 1. The zero-order valence-corrected chi connectivity index (χ0v) is 17.9. The largest absolute Gasteiger partial charge is 0.494 e. The highest BCUT2D eigenvalue weighted by Crippen LogP contribution is 2.35. The summed E-state index contributed by atoms with van der Waals surface area (Å²) in [6.07, 6.45) is 2.33. The van der Waals surface area contributed by atoms with Crippen molar-refractivity contribution in [1.82, 2.24) is 4.90 Å². The van der Waals surface area contributed by atoms with Gasteiger partial charge in [-0.1, -0.05) is 24.3 Å². The van der Waals surface area contributed by atoms with Gasteiger partial charge < -0.3 is 19.9 Å². The molecule has 7 heteroatoms. The summed E-state index contributed by atoms with van der Waals surface area (Å²) in [5.41, 5.74) is 3.52. The number of hydrogen-bond acceptors (Lipinski definition) is 4. The molecule has 1 saturated heterocycles. The number of nitrogens with zero attached hydrogens (tertiary/aromatic N) is 2. The minimum absolute atomic E-state index is 0.0337. The van der Waals surface area contributed by atoms with Crippen LogP contribution in [0.5, 0.6) is 5.75 Å². The van der Waals surface area contributed by atoms with Crippen LogP contribution in [0.4, 0.5) is 11.4 Å². The normalized spacial score (nSPS) is 18.0. The van der Waals surface area contributed by atoms with E-state index in [1.807, 2.05) is 18.2 Å². The van der Waals surface area contributed by atoms with Crippen LogP contribution in [0.15, 0.2) is 42.5 Å². The van der Waals surface area contributed by atoms with E-state index in [4.69, 9.17) is 4.74 Å². The van der Waals surface area contributed by atoms with Gasteiger partial charge in [-0.3, -0.25) is 14.4 Å². The summed E-state index contributed by atoms with van der Waals surface area (Å²) in [6, 6.07) is 13.0. The quantitative estimate of drug-likeness (QED) is 0.804. The fourth-order valence-corrected chi connectivity index (χ4v) is 4.52. The summed E-state index contributed by atoms with van der Waals surface area (Å²) in [5, 5.41) is 2.92. The minimum Gasteiger partial charge on any atom is -0.494 e. The second-order valence-corrected chi connectivity index (χ2v) is 7.96. The number of rotatable bonds is 5. The Balaban J connectivity index is 1.52. The summed E-state index contributed by atoms with van der Waals surface area (Å²) >= 11 is 0. The number of amides is 3. The molecule has 0 aromatic heterocycles. The van der Waals surface area contributed by atoms with E-state index in [0.717, 1.165) is 18.4 Å². The van der Waals surface area contributed by atoms with Gasteiger partial charge in [-0.05, 0) is 36.1 Å². The van der Waals surface area contributed by atoms with E-state index in [-0.39, 0.29) is 30.2 Å². The molecule has 2 aliphatic rings. The van der Waals surface area contributed by atoms with Gasteiger partial charge in [-0.2, -0.15) is 0 Å². The number of methoxy groups -OCH3 is 1. The van der Waals surface area contributed by atoms with E-state index < -0.39 is 0 Å². The van der Waals surface area contributed by atoms with Gasteiger partial charge in [0.05, 0.1) is 25.3 Å². The maximum Gasteiger partial charge on any atom is 0.227 e. The lowest BCUT2D eigenvalue weighted by atomic mass is 9.90. The Hall–Kier alpha value is -3.35. The number of carbonyl (C=O) groups is 3. The first-order valence-electron chi connectivity index (χ1n) is 10.6. The predicted molar refractivity (Wildman–Crippen MR) is 118 cm³/mol. The van der Waals surface area contributed by atoms with E-state index in [9.17, 15) is 14.4 Å². The Morgan fingerprint density at radius 3 is 2.65 bits per heavy atom. The van der Waals surface area contributed by atoms with Crippen molar-refractivity contribution in [3.05, 3.63) is 53.6 Å². The lowest BCUT2D eigenvalue weighted by Gasteiger charge is -2.36. The molecule has 1 N–H and O–H groups in total. The molecule has 1 unspecified atom stereocenters. The minimum atomic E-state index is -0.286. The molecule has 4 rings (SSSR count). The molecule has 1 fully saturated rings. The SMILES string of the molecule is COc1cc(NC(=O)CC2c3ccccc3CCN2C(C)=O)ccc1N1CCCC1=O. The van der Waals surface area contributed by atoms with Gasteiger partial charge in [-0.15, -0.1) is 0 Å². The molecule has 0 spiro atoms. The van der Waals surface area contributed by atoms with Gasteiger partial charge in [0.25, 0.3) is 0 Å². The third-order valence-electron chi connectivity index (χ3n) is 6.02. The van der Waals surface area contributed by atoms with Crippen molar-refractivity contribution in [3.63, 3.8) is 0 Å². The number of hydrogen-bond donors (Lipinski definition) is 1. The van der Waals surface area contributed by atoms with Crippen LogP contribution in [0.25, 0.3) is 0 Å². The van der Waals surface area contributed by atoms with Crippen molar-refractivity contribution < 1.29 is 19.1 Å². The van der Waals surface area contributed by atoms with Crippen LogP contribution in [-0.4, -0.2) is 42.8 Å². The molecule has 162 valence electrons. The molecule has 1 atom stereocenters. The first-order chi connectivity index (χ1) is 15.0. The van der Waals surface area contributed by atoms with Crippen LogP contribution in [0.1, 0.15) is 43.4 Å². The van der Waals surface area contributed by atoms with E-state index in [2.05, 4.69) is 11.4 Å². The average Bonchev–Trinajstić information content (AvgIpc) is 3.19. The summed E-state index contributed by atoms with van der Waals surface area (Å²) in [6.45, 7) is 2.82. The van der Waals surface area contributed by atoms with Crippen molar-refractivity contribution in [2.75, 3.05) is 30.4 Å². The number of carbonyl (C=O) groups excluding carboxylic acids is 3. The topological polar surface area (TPSA) is 79.0 Å². The zero-order chi connectivity index (χ0) is 22.0. The van der Waals surface area contributed by atoms with Crippen LogP contribution in [0.3, 0.4) is 0 Å². The fourth-order valence-electron chi connectivity index (χ4n) is 4.52. The van der Waals surface area contributed by atoms with Crippen molar-refractivity contribution in [3.8, 4) is 5.75 Å². The Morgan fingerprint density at radius 2 is 1.94 bits per heavy atom. The second kappa shape index (κ2) is 8.79. The molecule has 7 nitrogen and oxygen atoms in total. The number of nitrogens with one attached hydrogen (secondary N) is 1. The van der Waals surface area contributed by atoms with Crippen molar-refractivity contribution in [1.29, 1.82) is 0 Å². The van der Waals surface area contributed by atoms with Crippen molar-refractivity contribution >= 4 is 29.1 Å². The molecular weight excluding hydrogens is 394 g/mol. The number of fused-ring (bicyclic) bond motifs is 1. The number of anilines is 2. The molecular formula is C24H27N3O4. The highest BCUT2D eigenvalue weighted by Gasteiger charge is 2.31. The average molecular weight is 421 g/mol. The Kier molecular flexibility index (Phi) is 5.93. The van der Waals surface area contributed by atoms with Crippen LogP contribution in [0, 0.1) is 0 Å². The van der Waals surface area contributed by atoms with Gasteiger partial charge in [0.2, 0.25) is 17.7 Å². The molecule has 0 radical (unpaired) electrons. The second-order valence-electron chi connectivity index (χ2n) is 7.96. The first-order valence-corrected chi connectivity index (χ1v) is 10.6. The zero-order valence-electron chi connectivity index (χ0n) is 17.9. The molecule has 0 saturated carbocycles. The van der Waals surface area contributed by atoms with Crippen LogP contribution < -0.4 is 15.0 Å². The van der Waals surface area contributed by atoms with E-state index in [0.29, 0.717) is 36.6 Å². The smallest absolute Gasteiger partial charge is 0.227 e. The van der Waals surface area contributed by atoms with Crippen molar-refractivity contribution in [2.45, 2.75) is 38.6 Å². The van der Waals surface area contributed by atoms with Gasteiger partial charge in [-0.25, -0.2) is 0 Å². The van der Waals surface area contributed by atoms with E-state index in [1.54, 1.807) is 42.0 Å². The van der Waals surface area contributed by atoms with Crippen LogP contribution in [0.2, 0.25) is 0 Å². The molecule has 0 bridgehead atoms. The van der Waals surface area contributed by atoms with E-state index >= 15 is 0 Å². The lowest BCUT2D eigenvalue weighted by Crippen LogP contribution is -2.40. The molecule has 2 heterocycles. The van der Waals surface area contributed by atoms with Gasteiger partial charge >= 0.3 is 0 Å². The molecule has 31 heavy (non-hydrogen) atoms. The monoisotopic (exact) mass is 421 g/mol. The highest BCUT2D eigenvalue weighted by atomic mass is 16.5. The molecule has 2 aromatic carbocycles. The number of benzene rings is 2. The molecule has 2 aromatic rings. The van der Waals surface area contributed by atoms with Crippen LogP contribution in [-0.2, 0) is 20.8 Å². The van der Waals surface area contributed by atoms with Gasteiger partial charge in [0.1, 0.15) is 5.75 Å². The Bertz CT molecular complexity index is 1020. The van der Waals surface area contributed by atoms with Crippen LogP contribution >= 0.6 is 0 Å². The molecule has 0 aliphatic carbocycles. The summed E-state index contributed by atoms with van der Waals surface area (Å²) in [5.74, 6) is 0.408. The standard InChI is InChI=1S/C24H27N3O4/c1-16(28)26-13-11-17-6-3-4-7-19(17)21(26)15-23(29)25-18-9-10-20(22(14-18)31-2)27-12-5-8-24(27)30/h3-4,6-7,9-10,14,21H,5,8,11-13,15H2,1-2H3,(H,25,29). The van der Waals surface area contributed by atoms with Gasteiger partial charge in [0, 0.05) is 38.2 Å². The highest BCUT2D eigenvalue weighted by molar-refractivity contribution is 5.98. The third-order valence-corrected chi connectivity index (χ3v) is 6.02. The summed E-state index contributed by atoms with van der Waals surface area (Å²) in [4.78, 5) is 40.6. The lowest BCUT2D eigenvalue weighted by molar-refractivity contribution is -0.132. The Labute approximate surface area is 182 Å².